The molecule has 0 heterocycles. The summed E-state index contributed by atoms with van der Waals surface area (Å²) in [6, 6.07) is 0. The summed E-state index contributed by atoms with van der Waals surface area (Å²) >= 11 is 0. The van der Waals surface area contributed by atoms with Crippen LogP contribution in [0.5, 0.6) is 0 Å². The molecule has 0 saturated heterocycles. The zero-order chi connectivity index (χ0) is 6.69. The molecule has 1 heteroatoms. The lowest BCUT2D eigenvalue weighted by Gasteiger charge is -2.19. The number of terminal acetylenes is 1. The number of halogens is 1. The zero-order valence-electron chi connectivity index (χ0n) is 5.44. The summed E-state index contributed by atoms with van der Waals surface area (Å²) in [5, 5.41) is 0. The van der Waals surface area contributed by atoms with Gasteiger partial charge >= 0.3 is 0 Å². The summed E-state index contributed by atoms with van der Waals surface area (Å²) in [6.07, 6.45) is 7.73. The normalized spacial score (nSPS) is 35.6. The second-order valence-electron chi connectivity index (χ2n) is 2.62. The van der Waals surface area contributed by atoms with E-state index in [0.717, 1.165) is 12.8 Å². The third kappa shape index (κ3) is 1.71. The Morgan fingerprint density at radius 3 is 2.22 bits per heavy atom. The maximum atomic E-state index is 12.4. The standard InChI is InChI=1S/C8H11F/c1-2-7-3-5-8(9)6-4-7/h1,7-8H,3-6H2. The van der Waals surface area contributed by atoms with Crippen molar-refractivity contribution in [2.45, 2.75) is 31.9 Å². The van der Waals surface area contributed by atoms with Crippen molar-refractivity contribution in [1.82, 2.24) is 0 Å². The van der Waals surface area contributed by atoms with E-state index in [4.69, 9.17) is 6.42 Å². The van der Waals surface area contributed by atoms with E-state index in [1.165, 1.54) is 0 Å². The van der Waals surface area contributed by atoms with Gasteiger partial charge in [0.25, 0.3) is 0 Å². The molecule has 1 aliphatic carbocycles. The van der Waals surface area contributed by atoms with E-state index in [9.17, 15) is 4.39 Å². The molecule has 0 atom stereocenters. The first-order valence-corrected chi connectivity index (χ1v) is 3.43. The molecule has 1 aliphatic rings. The van der Waals surface area contributed by atoms with E-state index in [1.54, 1.807) is 0 Å². The minimum atomic E-state index is -0.574. The van der Waals surface area contributed by atoms with Crippen molar-refractivity contribution in [1.29, 1.82) is 0 Å². The molecule has 9 heavy (non-hydrogen) atoms. The average molecular weight is 126 g/mol. The van der Waals surface area contributed by atoms with E-state index in [0.29, 0.717) is 18.8 Å². The van der Waals surface area contributed by atoms with Crippen LogP contribution in [0.3, 0.4) is 0 Å². The highest BCUT2D eigenvalue weighted by Crippen LogP contribution is 2.24. The summed E-state index contributed by atoms with van der Waals surface area (Å²) in [7, 11) is 0. The lowest BCUT2D eigenvalue weighted by molar-refractivity contribution is 0.230. The lowest BCUT2D eigenvalue weighted by Crippen LogP contribution is -2.13. The third-order valence-corrected chi connectivity index (χ3v) is 1.89. The van der Waals surface area contributed by atoms with Crippen LogP contribution >= 0.6 is 0 Å². The van der Waals surface area contributed by atoms with E-state index in [2.05, 4.69) is 5.92 Å². The number of hydrogen-bond acceptors (Lipinski definition) is 0. The van der Waals surface area contributed by atoms with Gasteiger partial charge in [0.15, 0.2) is 0 Å². The molecule has 0 aromatic rings. The van der Waals surface area contributed by atoms with Gasteiger partial charge in [-0.1, -0.05) is 0 Å². The highest BCUT2D eigenvalue weighted by molar-refractivity contribution is 4.95. The Morgan fingerprint density at radius 1 is 1.22 bits per heavy atom. The topological polar surface area (TPSA) is 0 Å². The Morgan fingerprint density at radius 2 is 1.78 bits per heavy atom. The van der Waals surface area contributed by atoms with Crippen molar-refractivity contribution >= 4 is 0 Å². The molecule has 1 fully saturated rings. The molecule has 0 amide bonds. The molecule has 1 rings (SSSR count). The van der Waals surface area contributed by atoms with E-state index < -0.39 is 6.17 Å². The van der Waals surface area contributed by atoms with Gasteiger partial charge in [0.05, 0.1) is 0 Å². The maximum Gasteiger partial charge on any atom is 0.100 e. The number of alkyl halides is 1. The predicted molar refractivity (Wildman–Crippen MR) is 35.7 cm³/mol. The third-order valence-electron chi connectivity index (χ3n) is 1.89. The summed E-state index contributed by atoms with van der Waals surface area (Å²) in [5.41, 5.74) is 0. The highest BCUT2D eigenvalue weighted by atomic mass is 19.1. The second kappa shape index (κ2) is 2.87. The van der Waals surface area contributed by atoms with Gasteiger partial charge in [0, 0.05) is 5.92 Å². The van der Waals surface area contributed by atoms with E-state index in [1.807, 2.05) is 0 Å². The highest BCUT2D eigenvalue weighted by Gasteiger charge is 2.17. The molecule has 0 aromatic heterocycles. The second-order valence-corrected chi connectivity index (χ2v) is 2.62. The average Bonchev–Trinajstić information content (AvgIpc) is 1.90. The molecule has 1 saturated carbocycles. The SMILES string of the molecule is C#CC1CCC(F)CC1. The van der Waals surface area contributed by atoms with Crippen LogP contribution in [0.15, 0.2) is 0 Å². The molecule has 0 aliphatic heterocycles. The van der Waals surface area contributed by atoms with Gasteiger partial charge in [-0.3, -0.25) is 0 Å². The van der Waals surface area contributed by atoms with Gasteiger partial charge in [-0.2, -0.15) is 0 Å². The maximum absolute atomic E-state index is 12.4. The summed E-state index contributed by atoms with van der Waals surface area (Å²) < 4.78 is 12.4. The summed E-state index contributed by atoms with van der Waals surface area (Å²) in [4.78, 5) is 0. The van der Waals surface area contributed by atoms with E-state index >= 15 is 0 Å². The first kappa shape index (κ1) is 6.61. The van der Waals surface area contributed by atoms with Gasteiger partial charge < -0.3 is 0 Å². The van der Waals surface area contributed by atoms with Crippen LogP contribution < -0.4 is 0 Å². The van der Waals surface area contributed by atoms with Crippen LogP contribution in [0.25, 0.3) is 0 Å². The van der Waals surface area contributed by atoms with Crippen LogP contribution in [0.2, 0.25) is 0 Å². The Kier molecular flexibility index (Phi) is 2.10. The van der Waals surface area contributed by atoms with Crippen molar-refractivity contribution in [3.63, 3.8) is 0 Å². The molecule has 0 spiro atoms. The minimum Gasteiger partial charge on any atom is -0.247 e. The van der Waals surface area contributed by atoms with Crippen LogP contribution in [0, 0.1) is 18.3 Å². The molecule has 0 radical (unpaired) electrons. The van der Waals surface area contributed by atoms with Gasteiger partial charge in [-0.05, 0) is 25.7 Å². The van der Waals surface area contributed by atoms with Crippen molar-refractivity contribution in [3.05, 3.63) is 0 Å². The number of rotatable bonds is 0. The predicted octanol–water partition coefficient (Wildman–Crippen LogP) is 2.15. The monoisotopic (exact) mass is 126 g/mol. The first-order chi connectivity index (χ1) is 4.33. The molecule has 0 aromatic carbocycles. The quantitative estimate of drug-likeness (QED) is 0.436. The van der Waals surface area contributed by atoms with Crippen molar-refractivity contribution in [2.24, 2.45) is 5.92 Å². The molecule has 50 valence electrons. The van der Waals surface area contributed by atoms with Gasteiger partial charge in [0.2, 0.25) is 0 Å². The lowest BCUT2D eigenvalue weighted by atomic mass is 9.89. The molecule has 0 bridgehead atoms. The van der Waals surface area contributed by atoms with Crippen LogP contribution in [-0.2, 0) is 0 Å². The summed E-state index contributed by atoms with van der Waals surface area (Å²) in [6.45, 7) is 0. The Hall–Kier alpha value is -0.510. The van der Waals surface area contributed by atoms with E-state index in [-0.39, 0.29) is 0 Å². The molecule has 0 nitrogen and oxygen atoms in total. The zero-order valence-corrected chi connectivity index (χ0v) is 5.44. The fourth-order valence-electron chi connectivity index (χ4n) is 1.22. The van der Waals surface area contributed by atoms with Crippen molar-refractivity contribution in [2.75, 3.05) is 0 Å². The smallest absolute Gasteiger partial charge is 0.100 e. The van der Waals surface area contributed by atoms with Crippen LogP contribution in [-0.4, -0.2) is 6.17 Å². The van der Waals surface area contributed by atoms with Crippen LogP contribution in [0.4, 0.5) is 4.39 Å². The Bertz CT molecular complexity index is 115. The first-order valence-electron chi connectivity index (χ1n) is 3.43. The Balaban J connectivity index is 2.28. The van der Waals surface area contributed by atoms with Crippen molar-refractivity contribution < 1.29 is 4.39 Å². The molecule has 0 unspecified atom stereocenters. The fourth-order valence-corrected chi connectivity index (χ4v) is 1.22. The van der Waals surface area contributed by atoms with Gasteiger partial charge in [0.1, 0.15) is 6.17 Å². The molecular weight excluding hydrogens is 115 g/mol. The van der Waals surface area contributed by atoms with Gasteiger partial charge in [-0.15, -0.1) is 12.3 Å². The molecular formula is C8H11F. The Labute approximate surface area is 55.5 Å². The number of hydrogen-bond donors (Lipinski definition) is 0. The van der Waals surface area contributed by atoms with Crippen LogP contribution in [0.1, 0.15) is 25.7 Å². The summed E-state index contributed by atoms with van der Waals surface area (Å²) in [5.74, 6) is 3.02. The molecule has 0 N–H and O–H groups in total. The minimum absolute atomic E-state index is 0.358. The fraction of sp³-hybridized carbons (Fsp3) is 0.750. The largest absolute Gasteiger partial charge is 0.247 e. The van der Waals surface area contributed by atoms with Gasteiger partial charge in [-0.25, -0.2) is 4.39 Å². The van der Waals surface area contributed by atoms with Crippen molar-refractivity contribution in [3.8, 4) is 12.3 Å².